The average molecular weight is 318 g/mol. The lowest BCUT2D eigenvalue weighted by molar-refractivity contribution is -0.129. The van der Waals surface area contributed by atoms with E-state index in [1.54, 1.807) is 7.11 Å². The maximum Gasteiger partial charge on any atom is 0.242 e. The minimum atomic E-state index is -0.397. The third-order valence-corrected chi connectivity index (χ3v) is 4.38. The molecule has 1 fully saturated rings. The normalized spacial score (nSPS) is 15.9. The van der Waals surface area contributed by atoms with Crippen LogP contribution in [0.25, 0.3) is 0 Å². The Morgan fingerprint density at radius 2 is 1.87 bits per heavy atom. The second-order valence-corrected chi connectivity index (χ2v) is 6.11. The molecule has 1 saturated carbocycles. The van der Waals surface area contributed by atoms with E-state index in [0.717, 1.165) is 43.4 Å². The Morgan fingerprint density at radius 1 is 1.22 bits per heavy atom. The maximum absolute atomic E-state index is 12.4. The molecular weight excluding hydrogens is 292 g/mol. The van der Waals surface area contributed by atoms with Crippen molar-refractivity contribution in [3.05, 3.63) is 29.8 Å². The van der Waals surface area contributed by atoms with Gasteiger partial charge in [-0.15, -0.1) is 0 Å². The molecular formula is C18H26N2O3. The number of carbonyl (C=O) groups excluding carboxylic acids is 2. The predicted molar refractivity (Wildman–Crippen MR) is 89.3 cm³/mol. The monoisotopic (exact) mass is 318 g/mol. The minimum absolute atomic E-state index is 0.0689. The van der Waals surface area contributed by atoms with Crippen molar-refractivity contribution in [1.29, 1.82) is 0 Å². The van der Waals surface area contributed by atoms with Crippen molar-refractivity contribution in [2.24, 2.45) is 5.92 Å². The molecule has 5 nitrogen and oxygen atoms in total. The van der Waals surface area contributed by atoms with Crippen molar-refractivity contribution >= 4 is 11.8 Å². The van der Waals surface area contributed by atoms with E-state index in [1.807, 2.05) is 24.3 Å². The third kappa shape index (κ3) is 5.27. The number of hydrogen-bond acceptors (Lipinski definition) is 3. The number of nitrogens with one attached hydrogen (secondary N) is 2. The second-order valence-electron chi connectivity index (χ2n) is 6.11. The molecule has 0 aliphatic heterocycles. The lowest BCUT2D eigenvalue weighted by Crippen LogP contribution is -2.50. The molecule has 2 amide bonds. The number of amides is 2. The van der Waals surface area contributed by atoms with Gasteiger partial charge in [0.25, 0.3) is 0 Å². The topological polar surface area (TPSA) is 67.4 Å². The van der Waals surface area contributed by atoms with Gasteiger partial charge in [-0.2, -0.15) is 0 Å². The first-order valence-electron chi connectivity index (χ1n) is 8.28. The summed E-state index contributed by atoms with van der Waals surface area (Å²) in [6.45, 7) is 2.03. The van der Waals surface area contributed by atoms with Crippen LogP contribution in [-0.4, -0.2) is 31.5 Å². The quantitative estimate of drug-likeness (QED) is 0.808. The van der Waals surface area contributed by atoms with Crippen molar-refractivity contribution in [1.82, 2.24) is 10.6 Å². The van der Waals surface area contributed by atoms with Gasteiger partial charge in [-0.3, -0.25) is 9.59 Å². The van der Waals surface area contributed by atoms with Gasteiger partial charge in [-0.25, -0.2) is 0 Å². The Bertz CT molecular complexity index is 522. The molecule has 0 spiro atoms. The smallest absolute Gasteiger partial charge is 0.242 e. The summed E-state index contributed by atoms with van der Waals surface area (Å²) in [5.74, 6) is 0.873. The lowest BCUT2D eigenvalue weighted by Gasteiger charge is -2.23. The van der Waals surface area contributed by atoms with Crippen LogP contribution >= 0.6 is 0 Å². The molecule has 0 bridgehead atoms. The van der Waals surface area contributed by atoms with Crippen molar-refractivity contribution in [2.75, 3.05) is 13.7 Å². The molecule has 5 heteroatoms. The van der Waals surface area contributed by atoms with Crippen LogP contribution in [-0.2, 0) is 16.0 Å². The summed E-state index contributed by atoms with van der Waals surface area (Å²) in [7, 11) is 1.64. The highest BCUT2D eigenvalue weighted by Crippen LogP contribution is 2.27. The number of methoxy groups -OCH3 is 1. The second kappa shape index (κ2) is 8.56. The van der Waals surface area contributed by atoms with Crippen LogP contribution in [0.3, 0.4) is 0 Å². The van der Waals surface area contributed by atoms with Crippen molar-refractivity contribution in [3.63, 3.8) is 0 Å². The molecule has 2 rings (SSSR count). The SMILES string of the molecule is COc1ccc(CCNC(=O)C(NC(C)=O)C2CCCC2)cc1. The molecule has 126 valence electrons. The van der Waals surface area contributed by atoms with Gasteiger partial charge in [-0.1, -0.05) is 25.0 Å². The van der Waals surface area contributed by atoms with Crippen molar-refractivity contribution in [3.8, 4) is 5.75 Å². The number of ether oxygens (including phenoxy) is 1. The molecule has 0 aromatic heterocycles. The molecule has 1 unspecified atom stereocenters. The maximum atomic E-state index is 12.4. The molecule has 1 aromatic carbocycles. The summed E-state index contributed by atoms with van der Waals surface area (Å²) in [6, 6.07) is 7.41. The molecule has 0 radical (unpaired) electrons. The number of hydrogen-bond donors (Lipinski definition) is 2. The fourth-order valence-corrected chi connectivity index (χ4v) is 3.14. The Hall–Kier alpha value is -2.04. The first-order valence-corrected chi connectivity index (χ1v) is 8.28. The van der Waals surface area contributed by atoms with Crippen molar-refractivity contribution in [2.45, 2.75) is 45.1 Å². The van der Waals surface area contributed by atoms with Gasteiger partial charge in [0.1, 0.15) is 11.8 Å². The average Bonchev–Trinajstić information content (AvgIpc) is 3.07. The van der Waals surface area contributed by atoms with E-state index in [0.29, 0.717) is 6.54 Å². The van der Waals surface area contributed by atoms with Crippen LogP contribution in [0.15, 0.2) is 24.3 Å². The summed E-state index contributed by atoms with van der Waals surface area (Å²) in [5.41, 5.74) is 1.14. The third-order valence-electron chi connectivity index (χ3n) is 4.38. The van der Waals surface area contributed by atoms with Gasteiger partial charge in [0, 0.05) is 13.5 Å². The molecule has 23 heavy (non-hydrogen) atoms. The standard InChI is InChI=1S/C18H26N2O3/c1-13(21)20-17(15-5-3-4-6-15)18(22)19-12-11-14-7-9-16(23-2)10-8-14/h7-10,15,17H,3-6,11-12H2,1-2H3,(H,19,22)(H,20,21). The van der Waals surface area contributed by atoms with Gasteiger partial charge in [0.15, 0.2) is 0 Å². The summed E-state index contributed by atoms with van der Waals surface area (Å²) in [5, 5.41) is 5.78. The van der Waals surface area contributed by atoms with Crippen LogP contribution in [0.1, 0.15) is 38.2 Å². The van der Waals surface area contributed by atoms with Crippen LogP contribution < -0.4 is 15.4 Å². The summed E-state index contributed by atoms with van der Waals surface area (Å²) in [6.07, 6.45) is 5.06. The zero-order valence-electron chi connectivity index (χ0n) is 13.9. The summed E-state index contributed by atoms with van der Waals surface area (Å²) < 4.78 is 5.13. The number of carbonyl (C=O) groups is 2. The molecule has 0 heterocycles. The van der Waals surface area contributed by atoms with Crippen LogP contribution in [0.2, 0.25) is 0 Å². The highest BCUT2D eigenvalue weighted by atomic mass is 16.5. The molecule has 2 N–H and O–H groups in total. The van der Waals surface area contributed by atoms with Crippen LogP contribution in [0.5, 0.6) is 5.75 Å². The Labute approximate surface area is 137 Å². The van der Waals surface area contributed by atoms with Gasteiger partial charge < -0.3 is 15.4 Å². The van der Waals surface area contributed by atoms with Gasteiger partial charge in [0.2, 0.25) is 11.8 Å². The number of benzene rings is 1. The van der Waals surface area contributed by atoms with E-state index in [-0.39, 0.29) is 17.7 Å². The fraction of sp³-hybridized carbons (Fsp3) is 0.556. The Balaban J connectivity index is 1.83. The van der Waals surface area contributed by atoms with E-state index in [2.05, 4.69) is 10.6 Å². The van der Waals surface area contributed by atoms with Gasteiger partial charge in [-0.05, 0) is 42.9 Å². The molecule has 1 aliphatic rings. The Morgan fingerprint density at radius 3 is 2.43 bits per heavy atom. The predicted octanol–water partition coefficient (Wildman–Crippen LogP) is 2.05. The molecule has 1 aliphatic carbocycles. The zero-order chi connectivity index (χ0) is 16.7. The largest absolute Gasteiger partial charge is 0.497 e. The van der Waals surface area contributed by atoms with Crippen molar-refractivity contribution < 1.29 is 14.3 Å². The van der Waals surface area contributed by atoms with E-state index >= 15 is 0 Å². The summed E-state index contributed by atoms with van der Waals surface area (Å²) in [4.78, 5) is 23.8. The van der Waals surface area contributed by atoms with E-state index in [1.165, 1.54) is 6.92 Å². The highest BCUT2D eigenvalue weighted by Gasteiger charge is 2.30. The van der Waals surface area contributed by atoms with Crippen LogP contribution in [0.4, 0.5) is 0 Å². The first-order chi connectivity index (χ1) is 11.1. The van der Waals surface area contributed by atoms with E-state index < -0.39 is 6.04 Å². The van der Waals surface area contributed by atoms with Gasteiger partial charge >= 0.3 is 0 Å². The minimum Gasteiger partial charge on any atom is -0.497 e. The molecule has 1 aromatic rings. The van der Waals surface area contributed by atoms with Crippen LogP contribution in [0, 0.1) is 5.92 Å². The highest BCUT2D eigenvalue weighted by molar-refractivity contribution is 5.87. The van der Waals surface area contributed by atoms with E-state index in [4.69, 9.17) is 4.74 Å². The first kappa shape index (κ1) is 17.3. The molecule has 0 saturated heterocycles. The summed E-state index contributed by atoms with van der Waals surface area (Å²) >= 11 is 0. The molecule has 1 atom stereocenters. The van der Waals surface area contributed by atoms with E-state index in [9.17, 15) is 9.59 Å². The fourth-order valence-electron chi connectivity index (χ4n) is 3.14. The Kier molecular flexibility index (Phi) is 6.44. The van der Waals surface area contributed by atoms with Gasteiger partial charge in [0.05, 0.1) is 7.11 Å². The zero-order valence-corrected chi connectivity index (χ0v) is 13.9. The lowest BCUT2D eigenvalue weighted by atomic mass is 9.97. The number of rotatable bonds is 7.